The molecule has 0 saturated carbocycles. The van der Waals surface area contributed by atoms with Crippen LogP contribution in [0.3, 0.4) is 0 Å². The van der Waals surface area contributed by atoms with E-state index in [-0.39, 0.29) is 11.9 Å². The molecule has 0 unspecified atom stereocenters. The third-order valence-electron chi connectivity index (χ3n) is 5.32. The number of likely N-dealkylation sites (tertiary alicyclic amines) is 1. The maximum Gasteiger partial charge on any atom is 0.257 e. The number of hydrazone groups is 1. The molecule has 2 aromatic rings. The van der Waals surface area contributed by atoms with Crippen molar-refractivity contribution in [3.05, 3.63) is 46.2 Å². The van der Waals surface area contributed by atoms with E-state index in [1.807, 2.05) is 29.6 Å². The summed E-state index contributed by atoms with van der Waals surface area (Å²) in [7, 11) is 3.26. The number of methoxy groups -OCH3 is 2. The third-order valence-corrected chi connectivity index (χ3v) is 6.24. The highest BCUT2D eigenvalue weighted by atomic mass is 32.1. The number of benzene rings is 1. The Kier molecular flexibility index (Phi) is 5.64. The maximum absolute atomic E-state index is 13.2. The van der Waals surface area contributed by atoms with E-state index >= 15 is 0 Å². The zero-order valence-corrected chi connectivity index (χ0v) is 17.1. The smallest absolute Gasteiger partial charge is 0.257 e. The molecule has 0 aliphatic carbocycles. The van der Waals surface area contributed by atoms with Crippen LogP contribution >= 0.6 is 11.3 Å². The van der Waals surface area contributed by atoms with Gasteiger partial charge in [0.15, 0.2) is 11.5 Å². The molecule has 0 radical (unpaired) electrons. The summed E-state index contributed by atoms with van der Waals surface area (Å²) in [5, 5.41) is 8.44. The van der Waals surface area contributed by atoms with Crippen LogP contribution in [0.5, 0.6) is 11.5 Å². The van der Waals surface area contributed by atoms with Crippen molar-refractivity contribution in [1.82, 2.24) is 9.91 Å². The Bertz CT molecular complexity index is 860. The molecule has 7 heteroatoms. The van der Waals surface area contributed by atoms with Crippen LogP contribution in [-0.4, -0.2) is 55.4 Å². The molecule has 0 spiro atoms. The van der Waals surface area contributed by atoms with Gasteiger partial charge in [0.05, 0.1) is 37.4 Å². The van der Waals surface area contributed by atoms with Gasteiger partial charge < -0.3 is 9.47 Å². The largest absolute Gasteiger partial charge is 0.493 e. The van der Waals surface area contributed by atoms with Crippen molar-refractivity contribution < 1.29 is 14.3 Å². The zero-order chi connectivity index (χ0) is 19.5. The zero-order valence-electron chi connectivity index (χ0n) is 16.3. The van der Waals surface area contributed by atoms with Gasteiger partial charge in [0.2, 0.25) is 0 Å². The van der Waals surface area contributed by atoms with Gasteiger partial charge in [-0.1, -0.05) is 18.2 Å². The average molecular weight is 400 g/mol. The normalized spacial score (nSPS) is 19.7. The second-order valence-electron chi connectivity index (χ2n) is 7.05. The number of carbonyl (C=O) groups excluding carboxylic acids is 1. The van der Waals surface area contributed by atoms with E-state index < -0.39 is 0 Å². The topological polar surface area (TPSA) is 54.4 Å². The molecule has 0 N–H and O–H groups in total. The van der Waals surface area contributed by atoms with E-state index in [1.54, 1.807) is 30.6 Å². The van der Waals surface area contributed by atoms with E-state index in [9.17, 15) is 4.79 Å². The molecule has 3 heterocycles. The highest BCUT2D eigenvalue weighted by Crippen LogP contribution is 2.42. The molecule has 4 rings (SSSR count). The lowest BCUT2D eigenvalue weighted by molar-refractivity contribution is -0.134. The molecule has 1 atom stereocenters. The SMILES string of the molecule is COc1cccc([C@H]2CC(c3cccs3)=NN2C(=O)CN2CCCC2)c1OC. The van der Waals surface area contributed by atoms with Gasteiger partial charge in [-0.3, -0.25) is 9.69 Å². The summed E-state index contributed by atoms with van der Waals surface area (Å²) < 4.78 is 11.1. The molecule has 1 amide bonds. The second-order valence-corrected chi connectivity index (χ2v) is 8.00. The van der Waals surface area contributed by atoms with Gasteiger partial charge in [-0.25, -0.2) is 5.01 Å². The second kappa shape index (κ2) is 8.32. The van der Waals surface area contributed by atoms with E-state index in [0.717, 1.165) is 42.1 Å². The predicted octanol–water partition coefficient (Wildman–Crippen LogP) is 3.54. The Morgan fingerprint density at radius 3 is 2.68 bits per heavy atom. The van der Waals surface area contributed by atoms with Gasteiger partial charge in [0, 0.05) is 12.0 Å². The molecule has 2 aliphatic heterocycles. The third kappa shape index (κ3) is 3.64. The van der Waals surface area contributed by atoms with Crippen molar-refractivity contribution >= 4 is 23.0 Å². The van der Waals surface area contributed by atoms with Crippen LogP contribution < -0.4 is 9.47 Å². The van der Waals surface area contributed by atoms with E-state index in [2.05, 4.69) is 11.0 Å². The fourth-order valence-electron chi connectivity index (χ4n) is 3.95. The molecule has 148 valence electrons. The van der Waals surface area contributed by atoms with Crippen LogP contribution in [0.25, 0.3) is 0 Å². The Morgan fingerprint density at radius 1 is 1.18 bits per heavy atom. The minimum Gasteiger partial charge on any atom is -0.493 e. The molecule has 1 aromatic heterocycles. The lowest BCUT2D eigenvalue weighted by Gasteiger charge is -2.26. The first kappa shape index (κ1) is 19.0. The van der Waals surface area contributed by atoms with Crippen LogP contribution in [0.2, 0.25) is 0 Å². The van der Waals surface area contributed by atoms with Crippen LogP contribution in [0.4, 0.5) is 0 Å². The molecule has 6 nitrogen and oxygen atoms in total. The first-order valence-electron chi connectivity index (χ1n) is 9.58. The minimum absolute atomic E-state index is 0.0309. The fourth-order valence-corrected chi connectivity index (χ4v) is 4.67. The highest BCUT2D eigenvalue weighted by molar-refractivity contribution is 7.12. The lowest BCUT2D eigenvalue weighted by Crippen LogP contribution is -2.37. The number of ether oxygens (including phenoxy) is 2. The van der Waals surface area contributed by atoms with E-state index in [0.29, 0.717) is 24.5 Å². The van der Waals surface area contributed by atoms with Crippen molar-refractivity contribution in [2.24, 2.45) is 5.10 Å². The van der Waals surface area contributed by atoms with Gasteiger partial charge in [-0.15, -0.1) is 11.3 Å². The van der Waals surface area contributed by atoms with Gasteiger partial charge in [0.25, 0.3) is 5.91 Å². The molecule has 28 heavy (non-hydrogen) atoms. The van der Waals surface area contributed by atoms with Gasteiger partial charge in [-0.05, 0) is 43.4 Å². The minimum atomic E-state index is -0.197. The number of nitrogens with zero attached hydrogens (tertiary/aromatic N) is 3. The van der Waals surface area contributed by atoms with Crippen LogP contribution in [0.15, 0.2) is 40.8 Å². The molecule has 2 aliphatic rings. The fraction of sp³-hybridized carbons (Fsp3) is 0.429. The number of thiophene rings is 1. The average Bonchev–Trinajstić information content (AvgIpc) is 3.47. The van der Waals surface area contributed by atoms with Crippen LogP contribution in [-0.2, 0) is 4.79 Å². The number of hydrogen-bond donors (Lipinski definition) is 0. The summed E-state index contributed by atoms with van der Waals surface area (Å²) in [5.41, 5.74) is 1.87. The first-order chi connectivity index (χ1) is 13.7. The Hall–Kier alpha value is -2.38. The van der Waals surface area contributed by atoms with Crippen molar-refractivity contribution in [2.75, 3.05) is 33.9 Å². The number of rotatable bonds is 6. The van der Waals surface area contributed by atoms with Crippen molar-refractivity contribution in [1.29, 1.82) is 0 Å². The molecule has 1 aromatic carbocycles. The molecule has 0 bridgehead atoms. The Balaban J connectivity index is 1.67. The van der Waals surface area contributed by atoms with Crippen LogP contribution in [0.1, 0.15) is 35.7 Å². The molecule has 1 saturated heterocycles. The van der Waals surface area contributed by atoms with Gasteiger partial charge in [0.1, 0.15) is 0 Å². The molecular formula is C21H25N3O3S. The summed E-state index contributed by atoms with van der Waals surface area (Å²) in [6, 6.07) is 9.67. The standard InChI is InChI=1S/C21H25N3O3S/c1-26-18-8-5-7-15(21(18)27-2)17-13-16(19-9-6-12-28-19)22-24(17)20(25)14-23-10-3-4-11-23/h5-9,12,17H,3-4,10-11,13-14H2,1-2H3/t17-/m1/s1. The Labute approximate surface area is 169 Å². The van der Waals surface area contributed by atoms with Crippen molar-refractivity contribution in [2.45, 2.75) is 25.3 Å². The van der Waals surface area contributed by atoms with Crippen molar-refractivity contribution in [3.63, 3.8) is 0 Å². The van der Waals surface area contributed by atoms with Gasteiger partial charge >= 0.3 is 0 Å². The lowest BCUT2D eigenvalue weighted by atomic mass is 9.99. The van der Waals surface area contributed by atoms with Crippen molar-refractivity contribution in [3.8, 4) is 11.5 Å². The monoisotopic (exact) mass is 399 g/mol. The van der Waals surface area contributed by atoms with E-state index in [1.165, 1.54) is 0 Å². The maximum atomic E-state index is 13.2. The first-order valence-corrected chi connectivity index (χ1v) is 10.5. The number of amides is 1. The Morgan fingerprint density at radius 2 is 2.00 bits per heavy atom. The van der Waals surface area contributed by atoms with E-state index in [4.69, 9.17) is 14.6 Å². The predicted molar refractivity (Wildman–Crippen MR) is 110 cm³/mol. The molecule has 1 fully saturated rings. The summed E-state index contributed by atoms with van der Waals surface area (Å²) in [4.78, 5) is 16.5. The summed E-state index contributed by atoms with van der Waals surface area (Å²) >= 11 is 1.65. The molecular weight excluding hydrogens is 374 g/mol. The highest BCUT2D eigenvalue weighted by Gasteiger charge is 2.36. The summed E-state index contributed by atoms with van der Waals surface area (Å²) in [5.74, 6) is 1.36. The number of carbonyl (C=O) groups is 1. The summed E-state index contributed by atoms with van der Waals surface area (Å²) in [6.07, 6.45) is 2.98. The number of hydrogen-bond acceptors (Lipinski definition) is 6. The van der Waals surface area contributed by atoms with Gasteiger partial charge in [-0.2, -0.15) is 5.10 Å². The number of para-hydroxylation sites is 1. The van der Waals surface area contributed by atoms with Crippen LogP contribution in [0, 0.1) is 0 Å². The summed E-state index contributed by atoms with van der Waals surface area (Å²) in [6.45, 7) is 2.37. The quantitative estimate of drug-likeness (QED) is 0.746.